The van der Waals surface area contributed by atoms with Gasteiger partial charge in [-0.1, -0.05) is 0 Å². The Bertz CT molecular complexity index is 1510. The minimum atomic E-state index is -4.02. The molecule has 5 rings (SSSR count). The highest BCUT2D eigenvalue weighted by Gasteiger charge is 2.30. The molecule has 1 aliphatic carbocycles. The average molecular weight is 520 g/mol. The van der Waals surface area contributed by atoms with Gasteiger partial charge in [0.25, 0.3) is 11.5 Å². The molecule has 35 heavy (non-hydrogen) atoms. The SMILES string of the molecule is CN1C(=O)CCC1COc1cc(S(N)(=O)=O)sc1-c1cn(C)c(=O)c2[nH]c(C(=O)NC3CC3)cc12. The molecular weight excluding hydrogens is 494 g/mol. The second kappa shape index (κ2) is 8.50. The number of likely N-dealkylation sites (N-methyl/N-ethyl adjacent to an activating group) is 1. The highest BCUT2D eigenvalue weighted by Crippen LogP contribution is 2.43. The first-order valence-corrected chi connectivity index (χ1v) is 13.5. The molecule has 0 radical (unpaired) electrons. The third-order valence-electron chi connectivity index (χ3n) is 6.39. The van der Waals surface area contributed by atoms with Crippen molar-refractivity contribution in [1.82, 2.24) is 19.8 Å². The van der Waals surface area contributed by atoms with E-state index in [1.54, 1.807) is 31.3 Å². The number of carbonyl (C=O) groups is 2. The van der Waals surface area contributed by atoms with Gasteiger partial charge in [0.1, 0.15) is 27.8 Å². The van der Waals surface area contributed by atoms with Gasteiger partial charge in [0.2, 0.25) is 15.9 Å². The van der Waals surface area contributed by atoms with Crippen molar-refractivity contribution >= 4 is 44.1 Å². The number of fused-ring (bicyclic) bond motifs is 1. The molecule has 0 aromatic carbocycles. The summed E-state index contributed by atoms with van der Waals surface area (Å²) in [5, 5.41) is 8.76. The lowest BCUT2D eigenvalue weighted by molar-refractivity contribution is -0.127. The van der Waals surface area contributed by atoms with E-state index in [9.17, 15) is 22.8 Å². The number of nitrogens with one attached hydrogen (secondary N) is 2. The van der Waals surface area contributed by atoms with Crippen LogP contribution in [-0.4, -0.2) is 60.4 Å². The van der Waals surface area contributed by atoms with Crippen molar-refractivity contribution in [1.29, 1.82) is 0 Å². The second-order valence-electron chi connectivity index (χ2n) is 8.99. The van der Waals surface area contributed by atoms with Crippen molar-refractivity contribution in [3.63, 3.8) is 0 Å². The Morgan fingerprint density at radius 1 is 1.26 bits per heavy atom. The Morgan fingerprint density at radius 2 is 2.00 bits per heavy atom. The first-order valence-electron chi connectivity index (χ1n) is 11.1. The Morgan fingerprint density at radius 3 is 2.63 bits per heavy atom. The fraction of sp³-hybridized carbons (Fsp3) is 0.409. The van der Waals surface area contributed by atoms with Crippen molar-refractivity contribution in [2.45, 2.75) is 42.0 Å². The standard InChI is InChI=1S/C22H25N5O6S2/c1-26-9-14(13-7-15(25-19(13)22(26)30)21(29)24-11-3-4-11)20-16(8-18(34-20)35(23,31)32)33-10-12-5-6-17(28)27(12)2/h7-9,11-12,25H,3-6,10H2,1-2H3,(H,24,29)(H2,23,31,32). The van der Waals surface area contributed by atoms with Crippen LogP contribution >= 0.6 is 11.3 Å². The molecule has 3 aromatic rings. The molecule has 13 heteroatoms. The van der Waals surface area contributed by atoms with Gasteiger partial charge in [0.05, 0.1) is 10.9 Å². The van der Waals surface area contributed by atoms with Gasteiger partial charge in [-0.2, -0.15) is 0 Å². The summed E-state index contributed by atoms with van der Waals surface area (Å²) in [5.74, 6) is -0.00566. The molecule has 2 aliphatic rings. The summed E-state index contributed by atoms with van der Waals surface area (Å²) in [6.07, 6.45) is 4.50. The zero-order valence-electron chi connectivity index (χ0n) is 19.2. The van der Waals surface area contributed by atoms with Crippen molar-refractivity contribution in [3.8, 4) is 16.2 Å². The monoisotopic (exact) mass is 519 g/mol. The minimum Gasteiger partial charge on any atom is -0.490 e. The Kier molecular flexibility index (Phi) is 5.73. The van der Waals surface area contributed by atoms with Crippen LogP contribution in [0.25, 0.3) is 21.3 Å². The van der Waals surface area contributed by atoms with Gasteiger partial charge in [-0.25, -0.2) is 13.6 Å². The van der Waals surface area contributed by atoms with E-state index in [4.69, 9.17) is 9.88 Å². The summed E-state index contributed by atoms with van der Waals surface area (Å²) >= 11 is 0.923. The van der Waals surface area contributed by atoms with Crippen LogP contribution in [0.2, 0.25) is 0 Å². The highest BCUT2D eigenvalue weighted by molar-refractivity contribution is 7.91. The normalized spacial score (nSPS) is 18.4. The van der Waals surface area contributed by atoms with Gasteiger partial charge in [-0.05, 0) is 25.3 Å². The number of aryl methyl sites for hydroxylation is 1. The van der Waals surface area contributed by atoms with E-state index in [1.807, 2.05) is 0 Å². The predicted molar refractivity (Wildman–Crippen MR) is 130 cm³/mol. The molecule has 11 nitrogen and oxygen atoms in total. The van der Waals surface area contributed by atoms with Crippen LogP contribution in [0.3, 0.4) is 0 Å². The van der Waals surface area contributed by atoms with E-state index >= 15 is 0 Å². The number of hydrogen-bond acceptors (Lipinski definition) is 7. The lowest BCUT2D eigenvalue weighted by Gasteiger charge is -2.20. The largest absolute Gasteiger partial charge is 0.490 e. The molecule has 4 heterocycles. The molecular formula is C22H25N5O6S2. The Hall–Kier alpha value is -3.16. The number of thiophene rings is 1. The maximum absolute atomic E-state index is 12.8. The van der Waals surface area contributed by atoms with E-state index in [0.717, 1.165) is 24.2 Å². The molecule has 3 aromatic heterocycles. The molecule has 2 fully saturated rings. The number of nitrogens with zero attached hydrogens (tertiary/aromatic N) is 2. The van der Waals surface area contributed by atoms with Gasteiger partial charge in [-0.3, -0.25) is 14.4 Å². The predicted octanol–water partition coefficient (Wildman–Crippen LogP) is 1.13. The fourth-order valence-electron chi connectivity index (χ4n) is 4.16. The topological polar surface area (TPSA) is 157 Å². The number of hydrogen-bond donors (Lipinski definition) is 3. The zero-order chi connectivity index (χ0) is 25.1. The second-order valence-corrected chi connectivity index (χ2v) is 11.8. The maximum Gasteiger partial charge on any atom is 0.274 e. The smallest absolute Gasteiger partial charge is 0.274 e. The summed E-state index contributed by atoms with van der Waals surface area (Å²) in [6, 6.07) is 2.95. The Labute approximate surface area is 204 Å². The maximum atomic E-state index is 12.8. The van der Waals surface area contributed by atoms with Gasteiger partial charge in [0, 0.05) is 49.8 Å². The zero-order valence-corrected chi connectivity index (χ0v) is 20.8. The van der Waals surface area contributed by atoms with Gasteiger partial charge < -0.3 is 24.5 Å². The van der Waals surface area contributed by atoms with Crippen LogP contribution in [0, 0.1) is 0 Å². The fourth-order valence-corrected chi connectivity index (χ4v) is 6.00. The molecule has 1 aliphatic heterocycles. The van der Waals surface area contributed by atoms with E-state index in [1.165, 1.54) is 10.6 Å². The first-order chi connectivity index (χ1) is 16.5. The molecule has 4 N–H and O–H groups in total. The third-order valence-corrected chi connectivity index (χ3v) is 8.96. The minimum absolute atomic E-state index is 0.0264. The van der Waals surface area contributed by atoms with Crippen molar-refractivity contribution in [2.24, 2.45) is 12.2 Å². The first kappa shape index (κ1) is 23.6. The molecule has 1 atom stereocenters. The van der Waals surface area contributed by atoms with E-state index in [2.05, 4.69) is 10.3 Å². The van der Waals surface area contributed by atoms with Crippen LogP contribution in [0.1, 0.15) is 36.2 Å². The quantitative estimate of drug-likeness (QED) is 0.425. The molecule has 186 valence electrons. The molecule has 0 spiro atoms. The van der Waals surface area contributed by atoms with Crippen LogP contribution in [0.5, 0.6) is 5.75 Å². The number of H-pyrrole nitrogens is 1. The summed E-state index contributed by atoms with van der Waals surface area (Å²) < 4.78 is 31.6. The number of rotatable bonds is 7. The van der Waals surface area contributed by atoms with Gasteiger partial charge >= 0.3 is 0 Å². The van der Waals surface area contributed by atoms with Crippen molar-refractivity contribution < 1.29 is 22.7 Å². The summed E-state index contributed by atoms with van der Waals surface area (Å²) in [5.41, 5.74) is 0.664. The van der Waals surface area contributed by atoms with Gasteiger partial charge in [0.15, 0.2) is 0 Å². The third kappa shape index (κ3) is 4.46. The molecule has 1 saturated heterocycles. The molecule has 1 unspecified atom stereocenters. The molecule has 1 saturated carbocycles. The van der Waals surface area contributed by atoms with Crippen LogP contribution in [0.4, 0.5) is 0 Å². The number of sulfonamides is 1. The number of primary sulfonamides is 1. The Balaban J connectivity index is 1.59. The number of ether oxygens (including phenoxy) is 1. The number of carbonyl (C=O) groups excluding carboxylic acids is 2. The number of aromatic nitrogens is 2. The van der Waals surface area contributed by atoms with Crippen LogP contribution < -0.4 is 20.8 Å². The summed E-state index contributed by atoms with van der Waals surface area (Å²) in [7, 11) is -0.742. The van der Waals surface area contributed by atoms with Crippen molar-refractivity contribution in [2.75, 3.05) is 13.7 Å². The van der Waals surface area contributed by atoms with E-state index in [0.29, 0.717) is 28.7 Å². The lowest BCUT2D eigenvalue weighted by atomic mass is 10.1. The average Bonchev–Trinajstić information content (AvgIpc) is 3.19. The number of nitrogens with two attached hydrogens (primary N) is 1. The van der Waals surface area contributed by atoms with E-state index in [-0.39, 0.29) is 57.2 Å². The lowest BCUT2D eigenvalue weighted by Crippen LogP contribution is -2.33. The number of likely N-dealkylation sites (tertiary alicyclic amines) is 1. The summed E-state index contributed by atoms with van der Waals surface area (Å²) in [4.78, 5) is 42.3. The molecule has 0 bridgehead atoms. The van der Waals surface area contributed by atoms with Gasteiger partial charge in [-0.15, -0.1) is 11.3 Å². The number of amides is 2. The summed E-state index contributed by atoms with van der Waals surface area (Å²) in [6.45, 7) is 0.174. The number of pyridine rings is 1. The highest BCUT2D eigenvalue weighted by atomic mass is 32.2. The molecule has 2 amide bonds. The van der Waals surface area contributed by atoms with Crippen LogP contribution in [0.15, 0.2) is 27.3 Å². The van der Waals surface area contributed by atoms with Crippen molar-refractivity contribution in [3.05, 3.63) is 34.4 Å². The number of aromatic amines is 1. The van der Waals surface area contributed by atoms with Crippen LogP contribution in [-0.2, 0) is 21.9 Å². The van der Waals surface area contributed by atoms with E-state index < -0.39 is 10.0 Å².